The number of ether oxygens (including phenoxy) is 1. The Balaban J connectivity index is 2.08. The van der Waals surface area contributed by atoms with Gasteiger partial charge in [0.15, 0.2) is 17.7 Å². The molecule has 3 rings (SSSR count). The molecule has 2 aromatic rings. The van der Waals surface area contributed by atoms with Crippen molar-refractivity contribution < 1.29 is 21.4 Å². The molecule has 0 spiro atoms. The molecule has 2 aromatic heterocycles. The maximum atomic E-state index is 10.2. The second-order valence-electron chi connectivity index (χ2n) is 4.71. The van der Waals surface area contributed by atoms with Gasteiger partial charge in [-0.05, 0) is 0 Å². The molecule has 5 atom stereocenters. The van der Waals surface area contributed by atoms with E-state index in [1.807, 2.05) is 0 Å². The van der Waals surface area contributed by atoms with E-state index < -0.39 is 30.6 Å². The average molecular weight is 294 g/mol. The van der Waals surface area contributed by atoms with Gasteiger partial charge in [0.1, 0.15) is 29.7 Å². The van der Waals surface area contributed by atoms with Crippen molar-refractivity contribution in [1.82, 2.24) is 19.5 Å². The summed E-state index contributed by atoms with van der Waals surface area (Å²) < 4.78 is 14.4. The Labute approximate surface area is 120 Å². The molecule has 1 aliphatic rings. The Morgan fingerprint density at radius 3 is 2.90 bits per heavy atom. The first-order valence-corrected chi connectivity index (χ1v) is 6.13. The van der Waals surface area contributed by atoms with Gasteiger partial charge in [0.05, 0.1) is 14.3 Å². The summed E-state index contributed by atoms with van der Waals surface area (Å²) in [6.07, 6.45) is -0.432. The molecule has 1 saturated heterocycles. The highest BCUT2D eigenvalue weighted by atomic mass is 16.6. The molecule has 0 aliphatic carbocycles. The Morgan fingerprint density at radius 2 is 2.29 bits per heavy atom. The van der Waals surface area contributed by atoms with Crippen LogP contribution in [0, 0.1) is 0 Å². The smallest absolute Gasteiger partial charge is 0.167 e. The SMILES string of the molecule is [2H]C(O)[C@@]1(C=C)O[C@@H](n2cnc3c(N)ncnc32)[C@H](O)[C@@H]1O. The molecule has 9 heteroatoms. The molecule has 0 amide bonds. The molecular weight excluding hydrogens is 278 g/mol. The Morgan fingerprint density at radius 1 is 1.52 bits per heavy atom. The predicted octanol–water partition coefficient (Wildman–Crippen LogP) is -1.42. The van der Waals surface area contributed by atoms with Crippen molar-refractivity contribution in [2.45, 2.75) is 24.0 Å². The van der Waals surface area contributed by atoms with Gasteiger partial charge < -0.3 is 25.8 Å². The van der Waals surface area contributed by atoms with Crippen LogP contribution in [0.5, 0.6) is 0 Å². The van der Waals surface area contributed by atoms with E-state index in [4.69, 9.17) is 11.8 Å². The Hall–Kier alpha value is -2.07. The van der Waals surface area contributed by atoms with Crippen molar-refractivity contribution in [3.05, 3.63) is 25.3 Å². The van der Waals surface area contributed by atoms with Crippen LogP contribution in [0.2, 0.25) is 0 Å². The van der Waals surface area contributed by atoms with E-state index in [2.05, 4.69) is 21.5 Å². The monoisotopic (exact) mass is 294 g/mol. The summed E-state index contributed by atoms with van der Waals surface area (Å²) in [7, 11) is 0. The van der Waals surface area contributed by atoms with E-state index in [0.29, 0.717) is 11.2 Å². The molecule has 9 nitrogen and oxygen atoms in total. The summed E-state index contributed by atoms with van der Waals surface area (Å²) in [5.74, 6) is 0.160. The van der Waals surface area contributed by atoms with Gasteiger partial charge in [0.2, 0.25) is 0 Å². The van der Waals surface area contributed by atoms with Crippen LogP contribution in [0.25, 0.3) is 11.2 Å². The minimum absolute atomic E-state index is 0.160. The molecule has 3 heterocycles. The van der Waals surface area contributed by atoms with E-state index >= 15 is 0 Å². The van der Waals surface area contributed by atoms with Gasteiger partial charge in [-0.25, -0.2) is 15.0 Å². The lowest BCUT2D eigenvalue weighted by molar-refractivity contribution is -0.0969. The Bertz CT molecular complexity index is 723. The molecule has 0 aromatic carbocycles. The number of anilines is 1. The number of aromatic nitrogens is 4. The first-order chi connectivity index (χ1) is 10.4. The second-order valence-corrected chi connectivity index (χ2v) is 4.71. The molecule has 0 saturated carbocycles. The van der Waals surface area contributed by atoms with Crippen molar-refractivity contribution in [3.63, 3.8) is 0 Å². The van der Waals surface area contributed by atoms with E-state index in [1.165, 1.54) is 17.2 Å². The van der Waals surface area contributed by atoms with E-state index in [9.17, 15) is 15.3 Å². The van der Waals surface area contributed by atoms with Crippen LogP contribution in [0.3, 0.4) is 0 Å². The zero-order valence-corrected chi connectivity index (χ0v) is 10.9. The lowest BCUT2D eigenvalue weighted by atomic mass is 9.96. The minimum atomic E-state index is -1.82. The second kappa shape index (κ2) is 4.74. The molecule has 1 fully saturated rings. The number of aliphatic hydroxyl groups excluding tert-OH is 3. The summed E-state index contributed by atoms with van der Waals surface area (Å²) in [6.45, 7) is 1.64. The number of aliphatic hydroxyl groups is 3. The number of rotatable bonds is 3. The van der Waals surface area contributed by atoms with Crippen LogP contribution in [0.1, 0.15) is 7.60 Å². The van der Waals surface area contributed by atoms with Crippen molar-refractivity contribution in [3.8, 4) is 0 Å². The number of nitrogens with two attached hydrogens (primary N) is 1. The van der Waals surface area contributed by atoms with Crippen LogP contribution in [-0.2, 0) is 4.74 Å². The maximum absolute atomic E-state index is 10.2. The number of hydrogen-bond donors (Lipinski definition) is 4. The molecule has 1 unspecified atom stereocenters. The third-order valence-corrected chi connectivity index (χ3v) is 3.58. The van der Waals surface area contributed by atoms with Crippen LogP contribution in [0.15, 0.2) is 25.3 Å². The van der Waals surface area contributed by atoms with Crippen molar-refractivity contribution >= 4 is 17.0 Å². The molecule has 1 aliphatic heterocycles. The van der Waals surface area contributed by atoms with Crippen LogP contribution < -0.4 is 5.73 Å². The number of fused-ring (bicyclic) bond motifs is 1. The molecule has 0 radical (unpaired) electrons. The number of nitrogen functional groups attached to an aromatic ring is 1. The lowest BCUT2D eigenvalue weighted by Gasteiger charge is -2.25. The highest BCUT2D eigenvalue weighted by Crippen LogP contribution is 2.38. The Kier molecular flexibility index (Phi) is 2.86. The summed E-state index contributed by atoms with van der Waals surface area (Å²) in [5.41, 5.74) is 4.48. The maximum Gasteiger partial charge on any atom is 0.167 e. The van der Waals surface area contributed by atoms with Crippen LogP contribution in [-0.4, -0.2) is 59.2 Å². The summed E-state index contributed by atoms with van der Waals surface area (Å²) in [6, 6.07) is 0. The minimum Gasteiger partial charge on any atom is -0.393 e. The van der Waals surface area contributed by atoms with Gasteiger partial charge in [-0.15, -0.1) is 6.58 Å². The van der Waals surface area contributed by atoms with Crippen LogP contribution >= 0.6 is 0 Å². The van der Waals surface area contributed by atoms with Gasteiger partial charge in [-0.3, -0.25) is 4.57 Å². The van der Waals surface area contributed by atoms with Crippen molar-refractivity contribution in [1.29, 1.82) is 0 Å². The number of hydrogen-bond acceptors (Lipinski definition) is 8. The third-order valence-electron chi connectivity index (χ3n) is 3.58. The molecular formula is C12H15N5O4. The fourth-order valence-corrected chi connectivity index (χ4v) is 2.38. The topological polar surface area (TPSA) is 140 Å². The van der Waals surface area contributed by atoms with E-state index in [1.54, 1.807) is 0 Å². The standard InChI is InChI=1S/C12H15N5O4/c1-2-12(3-18)8(20)7(19)11(21-12)17-5-16-6-9(13)14-4-15-10(6)17/h2,4-5,7-8,11,18-20H,1,3H2,(H2,13,14,15)/t7-,8+,11-,12-/m1/s1/i3D/t3?,7-,8+,11-,12-. The largest absolute Gasteiger partial charge is 0.393 e. The average Bonchev–Trinajstić information content (AvgIpc) is 3.02. The summed E-state index contributed by atoms with van der Waals surface area (Å²) in [5, 5.41) is 30.0. The molecule has 21 heavy (non-hydrogen) atoms. The van der Waals surface area contributed by atoms with Crippen molar-refractivity contribution in [2.75, 3.05) is 12.3 Å². The number of nitrogens with zero attached hydrogens (tertiary/aromatic N) is 4. The normalized spacial score (nSPS) is 34.8. The lowest BCUT2D eigenvalue weighted by Crippen LogP contribution is -2.44. The van der Waals surface area contributed by atoms with Gasteiger partial charge >= 0.3 is 0 Å². The van der Waals surface area contributed by atoms with Gasteiger partial charge in [0.25, 0.3) is 0 Å². The molecule has 112 valence electrons. The quantitative estimate of drug-likeness (QED) is 0.505. The zero-order valence-electron chi connectivity index (χ0n) is 11.9. The molecule has 5 N–H and O–H groups in total. The third kappa shape index (κ3) is 1.83. The first kappa shape index (κ1) is 12.7. The summed E-state index contributed by atoms with van der Waals surface area (Å²) in [4.78, 5) is 11.9. The van der Waals surface area contributed by atoms with E-state index in [0.717, 1.165) is 6.08 Å². The number of imidazole rings is 1. The first-order valence-electron chi connectivity index (χ1n) is 6.71. The summed E-state index contributed by atoms with van der Waals surface area (Å²) >= 11 is 0. The van der Waals surface area contributed by atoms with E-state index in [-0.39, 0.29) is 5.82 Å². The van der Waals surface area contributed by atoms with Gasteiger partial charge in [-0.1, -0.05) is 6.08 Å². The van der Waals surface area contributed by atoms with Gasteiger partial charge in [-0.2, -0.15) is 0 Å². The molecule has 0 bridgehead atoms. The van der Waals surface area contributed by atoms with Gasteiger partial charge in [0, 0.05) is 0 Å². The van der Waals surface area contributed by atoms with Crippen molar-refractivity contribution in [2.24, 2.45) is 0 Å². The predicted molar refractivity (Wildman–Crippen MR) is 71.9 cm³/mol. The fraction of sp³-hybridized carbons (Fsp3) is 0.417. The zero-order chi connectivity index (χ0) is 16.1. The fourth-order valence-electron chi connectivity index (χ4n) is 2.38. The van der Waals surface area contributed by atoms with Crippen LogP contribution in [0.4, 0.5) is 5.82 Å². The highest BCUT2D eigenvalue weighted by molar-refractivity contribution is 5.81. The highest BCUT2D eigenvalue weighted by Gasteiger charge is 2.53.